The van der Waals surface area contributed by atoms with Gasteiger partial charge in [0.25, 0.3) is 5.92 Å². The highest BCUT2D eigenvalue weighted by Crippen LogP contribution is 2.61. The number of carbonyl (C=O) groups is 2. The molecule has 2 amide bonds. The topological polar surface area (TPSA) is 53.1 Å². The summed E-state index contributed by atoms with van der Waals surface area (Å²) in [6.45, 7) is 3.50. The van der Waals surface area contributed by atoms with Crippen molar-refractivity contribution in [2.45, 2.75) is 75.7 Å². The largest absolute Gasteiger partial charge is 0.417 e. The zero-order valence-electron chi connectivity index (χ0n) is 21.8. The van der Waals surface area contributed by atoms with E-state index in [1.54, 1.807) is 11.8 Å². The predicted molar refractivity (Wildman–Crippen MR) is 133 cm³/mol. The number of amides is 2. The molecule has 12 heteroatoms. The number of fused-ring (bicyclic) bond motifs is 1. The first-order valence-electron chi connectivity index (χ1n) is 13.5. The van der Waals surface area contributed by atoms with Gasteiger partial charge < -0.3 is 14.5 Å². The van der Waals surface area contributed by atoms with E-state index in [-0.39, 0.29) is 50.0 Å². The van der Waals surface area contributed by atoms with Gasteiger partial charge in [-0.1, -0.05) is 17.7 Å². The first-order valence-corrected chi connectivity index (χ1v) is 13.8. The van der Waals surface area contributed by atoms with Crippen LogP contribution in [-0.2, 0) is 26.9 Å². The van der Waals surface area contributed by atoms with Crippen molar-refractivity contribution in [1.29, 1.82) is 0 Å². The maximum atomic E-state index is 14.5. The Morgan fingerprint density at radius 2 is 1.92 bits per heavy atom. The molecule has 1 aliphatic carbocycles. The van der Waals surface area contributed by atoms with Crippen molar-refractivity contribution in [2.24, 2.45) is 5.41 Å². The average molecular weight is 578 g/mol. The standard InChI is InChI=1S/C27H33ClF5N3O3/c1-17-24(38)36-19(3-2-9-34-10-8-25(6-7-25)26(29,30)16-34)14-39-15-20(36)13-35(17)23(37)12-18-4-5-21(22(28)11-18)27(31,32)33/h4-5,11,17,19-20H,2-3,6-10,12-16H2,1H3/t17-,19-,20+/m0/s1. The van der Waals surface area contributed by atoms with Crippen molar-refractivity contribution in [3.8, 4) is 0 Å². The fraction of sp³-hybridized carbons (Fsp3) is 0.704. The van der Waals surface area contributed by atoms with Crippen molar-refractivity contribution < 1.29 is 36.3 Å². The Hall–Kier alpha value is -1.98. The third kappa shape index (κ3) is 5.63. The average Bonchev–Trinajstić information content (AvgIpc) is 3.64. The summed E-state index contributed by atoms with van der Waals surface area (Å²) in [7, 11) is 0. The molecule has 1 saturated carbocycles. The molecule has 3 aliphatic heterocycles. The molecule has 39 heavy (non-hydrogen) atoms. The van der Waals surface area contributed by atoms with E-state index < -0.39 is 34.1 Å². The Morgan fingerprint density at radius 3 is 2.56 bits per heavy atom. The highest BCUT2D eigenvalue weighted by molar-refractivity contribution is 6.31. The third-order valence-electron chi connectivity index (χ3n) is 8.88. The van der Waals surface area contributed by atoms with Crippen molar-refractivity contribution >= 4 is 23.4 Å². The number of likely N-dealkylation sites (tertiary alicyclic amines) is 1. The summed E-state index contributed by atoms with van der Waals surface area (Å²) in [6.07, 6.45) is -1.76. The van der Waals surface area contributed by atoms with Crippen LogP contribution in [0.15, 0.2) is 18.2 Å². The highest BCUT2D eigenvalue weighted by atomic mass is 35.5. The van der Waals surface area contributed by atoms with Crippen LogP contribution in [0.4, 0.5) is 22.0 Å². The smallest absolute Gasteiger partial charge is 0.377 e. The second-order valence-electron chi connectivity index (χ2n) is 11.5. The number of rotatable bonds is 6. The number of carbonyl (C=O) groups excluding carboxylic acids is 2. The lowest BCUT2D eigenvalue weighted by Crippen LogP contribution is -2.68. The number of hydrogen-bond donors (Lipinski definition) is 0. The van der Waals surface area contributed by atoms with Gasteiger partial charge >= 0.3 is 6.18 Å². The first-order chi connectivity index (χ1) is 18.3. The van der Waals surface area contributed by atoms with Crippen LogP contribution >= 0.6 is 11.6 Å². The summed E-state index contributed by atoms with van der Waals surface area (Å²) < 4.78 is 73.8. The number of morpholine rings is 1. The van der Waals surface area contributed by atoms with Crippen molar-refractivity contribution in [3.63, 3.8) is 0 Å². The fourth-order valence-corrected chi connectivity index (χ4v) is 6.65. The SMILES string of the molecule is C[C@H]1C(=O)N2[C@@H](CCCN3CCC4(CC4)C(F)(F)C3)COC[C@H]2CN1C(=O)Cc1ccc(C(F)(F)F)c(Cl)c1. The maximum absolute atomic E-state index is 14.5. The van der Waals surface area contributed by atoms with Gasteiger partial charge in [0.2, 0.25) is 11.8 Å². The summed E-state index contributed by atoms with van der Waals surface area (Å²) in [5.74, 6) is -3.24. The van der Waals surface area contributed by atoms with E-state index in [1.165, 1.54) is 11.0 Å². The lowest BCUT2D eigenvalue weighted by atomic mass is 9.89. The number of nitrogens with zero attached hydrogens (tertiary/aromatic N) is 3. The second-order valence-corrected chi connectivity index (χ2v) is 11.9. The highest BCUT2D eigenvalue weighted by Gasteiger charge is 2.63. The minimum atomic E-state index is -4.59. The van der Waals surface area contributed by atoms with Gasteiger partial charge in [-0.15, -0.1) is 0 Å². The van der Waals surface area contributed by atoms with Crippen LogP contribution in [-0.4, -0.2) is 90.0 Å². The quantitative estimate of drug-likeness (QED) is 0.463. The summed E-state index contributed by atoms with van der Waals surface area (Å²) in [5, 5.41) is -0.481. The number of piperidine rings is 1. The minimum absolute atomic E-state index is 0.186. The van der Waals surface area contributed by atoms with Gasteiger partial charge in [-0.3, -0.25) is 14.5 Å². The van der Waals surface area contributed by atoms with Crippen LogP contribution in [0.2, 0.25) is 5.02 Å². The van der Waals surface area contributed by atoms with E-state index in [2.05, 4.69) is 0 Å². The molecular formula is C27H33ClF5N3O3. The van der Waals surface area contributed by atoms with Crippen molar-refractivity contribution in [3.05, 3.63) is 34.3 Å². The molecule has 3 atom stereocenters. The van der Waals surface area contributed by atoms with E-state index in [4.69, 9.17) is 16.3 Å². The zero-order valence-corrected chi connectivity index (χ0v) is 22.5. The molecule has 0 N–H and O–H groups in total. The monoisotopic (exact) mass is 577 g/mol. The van der Waals surface area contributed by atoms with E-state index in [0.29, 0.717) is 57.4 Å². The summed E-state index contributed by atoms with van der Waals surface area (Å²) in [4.78, 5) is 31.6. The van der Waals surface area contributed by atoms with Crippen LogP contribution in [0.5, 0.6) is 0 Å². The van der Waals surface area contributed by atoms with Crippen LogP contribution in [0.25, 0.3) is 0 Å². The molecule has 0 aromatic heterocycles. The summed E-state index contributed by atoms with van der Waals surface area (Å²) in [5.41, 5.74) is -1.41. The van der Waals surface area contributed by atoms with Crippen LogP contribution in [0.3, 0.4) is 0 Å². The van der Waals surface area contributed by atoms with Gasteiger partial charge in [0.05, 0.1) is 48.8 Å². The second kappa shape index (κ2) is 10.4. The first kappa shape index (κ1) is 28.5. The molecule has 1 aromatic carbocycles. The summed E-state index contributed by atoms with van der Waals surface area (Å²) in [6, 6.07) is 1.92. The van der Waals surface area contributed by atoms with Gasteiger partial charge in [0.15, 0.2) is 0 Å². The third-order valence-corrected chi connectivity index (χ3v) is 9.19. The molecule has 5 rings (SSSR count). The predicted octanol–water partition coefficient (Wildman–Crippen LogP) is 4.63. The Kier molecular flexibility index (Phi) is 7.65. The Balaban J connectivity index is 1.17. The Morgan fingerprint density at radius 1 is 1.18 bits per heavy atom. The molecule has 3 saturated heterocycles. The summed E-state index contributed by atoms with van der Waals surface area (Å²) >= 11 is 5.80. The molecule has 0 unspecified atom stereocenters. The molecule has 0 radical (unpaired) electrons. The number of hydrogen-bond acceptors (Lipinski definition) is 4. The van der Waals surface area contributed by atoms with E-state index in [1.807, 2.05) is 4.90 Å². The molecule has 0 bridgehead atoms. The van der Waals surface area contributed by atoms with Crippen molar-refractivity contribution in [1.82, 2.24) is 14.7 Å². The molecule has 216 valence electrons. The minimum Gasteiger partial charge on any atom is -0.377 e. The number of halogens is 6. The molecule has 4 aliphatic rings. The molecule has 4 fully saturated rings. The number of piperazine rings is 1. The van der Waals surface area contributed by atoms with Gasteiger partial charge in [0, 0.05) is 12.0 Å². The van der Waals surface area contributed by atoms with Crippen molar-refractivity contribution in [2.75, 3.05) is 39.4 Å². The maximum Gasteiger partial charge on any atom is 0.417 e. The normalized spacial score (nSPS) is 28.5. The van der Waals surface area contributed by atoms with Crippen LogP contribution in [0.1, 0.15) is 50.2 Å². The van der Waals surface area contributed by atoms with E-state index >= 15 is 0 Å². The zero-order chi connectivity index (χ0) is 28.2. The van der Waals surface area contributed by atoms with Gasteiger partial charge in [-0.25, -0.2) is 8.78 Å². The molecule has 6 nitrogen and oxygen atoms in total. The number of ether oxygens (including phenoxy) is 1. The molecular weight excluding hydrogens is 545 g/mol. The van der Waals surface area contributed by atoms with Crippen LogP contribution in [0, 0.1) is 5.41 Å². The van der Waals surface area contributed by atoms with E-state index in [9.17, 15) is 31.5 Å². The lowest BCUT2D eigenvalue weighted by molar-refractivity contribution is -0.168. The molecule has 1 spiro atoms. The van der Waals surface area contributed by atoms with Gasteiger partial charge in [-0.2, -0.15) is 13.2 Å². The lowest BCUT2D eigenvalue weighted by Gasteiger charge is -2.50. The number of alkyl halides is 5. The fourth-order valence-electron chi connectivity index (χ4n) is 6.34. The van der Waals surface area contributed by atoms with Gasteiger partial charge in [0.1, 0.15) is 6.04 Å². The number of benzene rings is 1. The van der Waals surface area contributed by atoms with Gasteiger partial charge in [-0.05, 0) is 69.8 Å². The van der Waals surface area contributed by atoms with E-state index in [0.717, 1.165) is 12.1 Å². The Bertz CT molecular complexity index is 1110. The Labute approximate surface area is 229 Å². The molecule has 1 aromatic rings. The molecule has 3 heterocycles. The van der Waals surface area contributed by atoms with Crippen LogP contribution < -0.4 is 0 Å².